The molecule has 0 bridgehead atoms. The molecule has 0 saturated carbocycles. The van der Waals surface area contributed by atoms with Crippen molar-refractivity contribution >= 4 is 48.9 Å². The van der Waals surface area contributed by atoms with E-state index in [0.29, 0.717) is 0 Å². The molecule has 0 unspecified atom stereocenters. The van der Waals surface area contributed by atoms with Gasteiger partial charge in [0.2, 0.25) is 0 Å². The third kappa shape index (κ3) is 1.74. The molecule has 9 rings (SSSR count). The van der Waals surface area contributed by atoms with Crippen molar-refractivity contribution in [3.05, 3.63) is 108 Å². The summed E-state index contributed by atoms with van der Waals surface area (Å²) in [6, 6.07) is 34.6. The Balaban J connectivity index is 1.54. The third-order valence-electron chi connectivity index (χ3n) is 8.12. The SMILES string of the molecule is O=C1c2ccccc2-c2ccc3c4ccc5c6c(ccc(c7ccc1c2c73)c64)-c1ccccc1-5. The maximum atomic E-state index is 13.5. The maximum absolute atomic E-state index is 13.5. The summed E-state index contributed by atoms with van der Waals surface area (Å²) < 4.78 is 0. The molecule has 1 heteroatoms. The lowest BCUT2D eigenvalue weighted by molar-refractivity contribution is 0.104. The highest BCUT2D eigenvalue weighted by Gasteiger charge is 2.29. The van der Waals surface area contributed by atoms with Crippen molar-refractivity contribution in [2.75, 3.05) is 0 Å². The minimum absolute atomic E-state index is 0.127. The summed E-state index contributed by atoms with van der Waals surface area (Å²) in [6.45, 7) is 0. The van der Waals surface area contributed by atoms with E-state index in [0.717, 1.165) is 27.6 Å². The number of fused-ring (bicyclic) bond motifs is 7. The van der Waals surface area contributed by atoms with Crippen LogP contribution in [0.25, 0.3) is 76.5 Å². The van der Waals surface area contributed by atoms with Crippen LogP contribution in [0.15, 0.2) is 97.1 Å². The monoisotopic (exact) mass is 428 g/mol. The quantitative estimate of drug-likeness (QED) is 0.175. The Bertz CT molecular complexity index is 2000. The van der Waals surface area contributed by atoms with E-state index < -0.39 is 0 Å². The van der Waals surface area contributed by atoms with E-state index in [4.69, 9.17) is 0 Å². The zero-order chi connectivity index (χ0) is 22.1. The average Bonchev–Trinajstić information content (AvgIpc) is 3.23. The average molecular weight is 428 g/mol. The number of benzene rings is 7. The molecule has 0 N–H and O–H groups in total. The van der Waals surface area contributed by atoms with Crippen molar-refractivity contribution in [1.82, 2.24) is 0 Å². The highest BCUT2D eigenvalue weighted by Crippen LogP contribution is 2.53. The highest BCUT2D eigenvalue weighted by atomic mass is 16.1. The van der Waals surface area contributed by atoms with Crippen LogP contribution in [0.2, 0.25) is 0 Å². The molecular weight excluding hydrogens is 412 g/mol. The molecule has 0 radical (unpaired) electrons. The van der Waals surface area contributed by atoms with Gasteiger partial charge in [0.15, 0.2) is 5.78 Å². The molecule has 0 amide bonds. The van der Waals surface area contributed by atoms with Gasteiger partial charge in [0.1, 0.15) is 0 Å². The van der Waals surface area contributed by atoms with E-state index >= 15 is 0 Å². The lowest BCUT2D eigenvalue weighted by Crippen LogP contribution is -2.10. The smallest absolute Gasteiger partial charge is 0.194 e. The second kappa shape index (κ2) is 5.52. The first kappa shape index (κ1) is 17.0. The fraction of sp³-hybridized carbons (Fsp3) is 0. The fourth-order valence-corrected chi connectivity index (χ4v) is 6.77. The molecule has 0 aromatic heterocycles. The summed E-state index contributed by atoms with van der Waals surface area (Å²) in [5.41, 5.74) is 9.11. The maximum Gasteiger partial charge on any atom is 0.194 e. The fourth-order valence-electron chi connectivity index (χ4n) is 6.77. The Hall–Kier alpha value is -4.49. The van der Waals surface area contributed by atoms with Gasteiger partial charge in [-0.05, 0) is 77.2 Å². The Kier molecular flexibility index (Phi) is 2.77. The van der Waals surface area contributed by atoms with Crippen molar-refractivity contribution in [1.29, 1.82) is 0 Å². The van der Waals surface area contributed by atoms with Gasteiger partial charge in [0.05, 0.1) is 0 Å². The molecule has 0 spiro atoms. The molecule has 0 fully saturated rings. The Morgan fingerprint density at radius 2 is 0.647 bits per heavy atom. The number of carbonyl (C=O) groups excluding carboxylic acids is 1. The number of hydrogen-bond acceptors (Lipinski definition) is 1. The van der Waals surface area contributed by atoms with Gasteiger partial charge in [-0.2, -0.15) is 0 Å². The minimum atomic E-state index is 0.127. The molecule has 0 heterocycles. The van der Waals surface area contributed by atoms with Gasteiger partial charge in [0.25, 0.3) is 0 Å². The molecule has 7 aromatic rings. The van der Waals surface area contributed by atoms with Crippen molar-refractivity contribution < 1.29 is 4.79 Å². The molecule has 7 aromatic carbocycles. The Morgan fingerprint density at radius 1 is 0.294 bits per heavy atom. The van der Waals surface area contributed by atoms with E-state index in [9.17, 15) is 4.79 Å². The van der Waals surface area contributed by atoms with Gasteiger partial charge in [-0.25, -0.2) is 0 Å². The first-order valence-corrected chi connectivity index (χ1v) is 11.8. The van der Waals surface area contributed by atoms with Crippen LogP contribution in [-0.4, -0.2) is 5.78 Å². The van der Waals surface area contributed by atoms with E-state index in [1.165, 1.54) is 60.0 Å². The Morgan fingerprint density at radius 3 is 1.12 bits per heavy atom. The van der Waals surface area contributed by atoms with Crippen LogP contribution >= 0.6 is 0 Å². The largest absolute Gasteiger partial charge is 0.289 e. The summed E-state index contributed by atoms with van der Waals surface area (Å²) in [5, 5.41) is 10.0. The number of carbonyl (C=O) groups is 1. The van der Waals surface area contributed by atoms with E-state index in [1.807, 2.05) is 24.3 Å². The second-order valence-electron chi connectivity index (χ2n) is 9.56. The molecular formula is C33H16O. The summed E-state index contributed by atoms with van der Waals surface area (Å²) in [5.74, 6) is 0.127. The van der Waals surface area contributed by atoms with Crippen molar-refractivity contribution in [2.24, 2.45) is 0 Å². The summed E-state index contributed by atoms with van der Waals surface area (Å²) in [7, 11) is 0. The van der Waals surface area contributed by atoms with Crippen LogP contribution in [0.3, 0.4) is 0 Å². The topological polar surface area (TPSA) is 17.1 Å². The van der Waals surface area contributed by atoms with Crippen LogP contribution in [-0.2, 0) is 0 Å². The van der Waals surface area contributed by atoms with Crippen LogP contribution in [0.5, 0.6) is 0 Å². The molecule has 0 aliphatic heterocycles. The summed E-state index contributed by atoms with van der Waals surface area (Å²) >= 11 is 0. The van der Waals surface area contributed by atoms with Crippen molar-refractivity contribution in [3.8, 4) is 33.4 Å². The molecule has 34 heavy (non-hydrogen) atoms. The lowest BCUT2D eigenvalue weighted by Gasteiger charge is -2.23. The molecule has 0 atom stereocenters. The van der Waals surface area contributed by atoms with Crippen molar-refractivity contribution in [2.45, 2.75) is 0 Å². The summed E-state index contributed by atoms with van der Waals surface area (Å²) in [4.78, 5) is 13.5. The van der Waals surface area contributed by atoms with E-state index in [-0.39, 0.29) is 5.78 Å². The lowest BCUT2D eigenvalue weighted by atomic mass is 9.79. The zero-order valence-electron chi connectivity index (χ0n) is 18.1. The first-order chi connectivity index (χ1) is 16.8. The number of rotatable bonds is 0. The predicted octanol–water partition coefficient (Wildman–Crippen LogP) is 8.60. The Labute approximate surface area is 195 Å². The van der Waals surface area contributed by atoms with Gasteiger partial charge in [-0.1, -0.05) is 91.0 Å². The summed E-state index contributed by atoms with van der Waals surface area (Å²) in [6.07, 6.45) is 0. The van der Waals surface area contributed by atoms with Crippen LogP contribution in [0, 0.1) is 0 Å². The molecule has 2 aliphatic rings. The second-order valence-corrected chi connectivity index (χ2v) is 9.56. The van der Waals surface area contributed by atoms with E-state index in [2.05, 4.69) is 72.8 Å². The molecule has 2 aliphatic carbocycles. The zero-order valence-corrected chi connectivity index (χ0v) is 18.1. The predicted molar refractivity (Wildman–Crippen MR) is 141 cm³/mol. The van der Waals surface area contributed by atoms with Crippen molar-refractivity contribution in [3.63, 3.8) is 0 Å². The standard InChI is InChI=1S/C33H16O/c34-33-27-8-4-3-7-19(27)22-11-14-25-23-12-9-20-17-5-1-2-6-18(17)21-10-13-24(30(23)29(20)21)26-15-16-28(33)32(22)31(25)26/h1-16H. The first-order valence-electron chi connectivity index (χ1n) is 11.8. The highest BCUT2D eigenvalue weighted by molar-refractivity contribution is 6.40. The third-order valence-corrected chi connectivity index (χ3v) is 8.12. The van der Waals surface area contributed by atoms with Gasteiger partial charge >= 0.3 is 0 Å². The van der Waals surface area contributed by atoms with Gasteiger partial charge < -0.3 is 0 Å². The molecule has 154 valence electrons. The van der Waals surface area contributed by atoms with E-state index in [1.54, 1.807) is 0 Å². The van der Waals surface area contributed by atoms with Gasteiger partial charge in [0, 0.05) is 16.5 Å². The number of ketones is 1. The molecule has 1 nitrogen and oxygen atoms in total. The van der Waals surface area contributed by atoms with Crippen LogP contribution < -0.4 is 0 Å². The minimum Gasteiger partial charge on any atom is -0.289 e. The van der Waals surface area contributed by atoms with Gasteiger partial charge in [-0.3, -0.25) is 4.79 Å². The number of hydrogen-bond donors (Lipinski definition) is 0. The van der Waals surface area contributed by atoms with Gasteiger partial charge in [-0.15, -0.1) is 0 Å². The van der Waals surface area contributed by atoms with Crippen LogP contribution in [0.1, 0.15) is 15.9 Å². The normalized spacial score (nSPS) is 13.4. The molecule has 0 saturated heterocycles. The van der Waals surface area contributed by atoms with Crippen LogP contribution in [0.4, 0.5) is 0 Å².